The Bertz CT molecular complexity index is 640. The second kappa shape index (κ2) is 7.36. The summed E-state index contributed by atoms with van der Waals surface area (Å²) in [5.74, 6) is 0.140. The fraction of sp³-hybridized carbons (Fsp3) is 0.667. The maximum atomic E-state index is 13.2. The van der Waals surface area contributed by atoms with Crippen LogP contribution in [0.1, 0.15) is 77.1 Å². The number of hydrogen-bond donors (Lipinski definition) is 0. The fourth-order valence-corrected chi connectivity index (χ4v) is 3.86. The first-order valence-corrected chi connectivity index (χ1v) is 10.0. The molecule has 0 radical (unpaired) electrons. The van der Waals surface area contributed by atoms with Gasteiger partial charge in [0.15, 0.2) is 0 Å². The van der Waals surface area contributed by atoms with Gasteiger partial charge >= 0.3 is 7.12 Å². The lowest BCUT2D eigenvalue weighted by Crippen LogP contribution is -2.44. The summed E-state index contributed by atoms with van der Waals surface area (Å²) in [7, 11) is -0.430. The molecule has 0 saturated carbocycles. The number of carbonyl (C=O) groups is 1. The number of likely N-dealkylation sites (tertiary alicyclic amines) is 1. The van der Waals surface area contributed by atoms with E-state index in [1.165, 1.54) is 6.42 Å². The molecule has 2 heterocycles. The van der Waals surface area contributed by atoms with Crippen LogP contribution < -0.4 is 5.46 Å². The van der Waals surface area contributed by atoms with Gasteiger partial charge in [0.2, 0.25) is 0 Å². The molecule has 2 aliphatic heterocycles. The molecule has 0 aliphatic carbocycles. The van der Waals surface area contributed by atoms with Crippen molar-refractivity contribution in [1.29, 1.82) is 0 Å². The van der Waals surface area contributed by atoms with Gasteiger partial charge in [-0.1, -0.05) is 25.5 Å². The number of amides is 1. The van der Waals surface area contributed by atoms with Crippen molar-refractivity contribution in [2.24, 2.45) is 0 Å². The van der Waals surface area contributed by atoms with Crippen molar-refractivity contribution in [3.8, 4) is 0 Å². The second-order valence-corrected chi connectivity index (χ2v) is 8.65. The zero-order valence-corrected chi connectivity index (χ0v) is 16.9. The van der Waals surface area contributed by atoms with E-state index in [-0.39, 0.29) is 17.1 Å². The number of rotatable bonds is 4. The molecule has 0 spiro atoms. The molecule has 0 N–H and O–H groups in total. The SMILES string of the molecule is CCCC1CCCCN1C(=O)c1cccc(B2OC(C)(C)C(C)(C)O2)c1. The van der Waals surface area contributed by atoms with Crippen molar-refractivity contribution >= 4 is 18.5 Å². The third-order valence-electron chi connectivity index (χ3n) is 6.17. The van der Waals surface area contributed by atoms with Crippen molar-refractivity contribution in [3.05, 3.63) is 29.8 Å². The minimum Gasteiger partial charge on any atom is -0.399 e. The van der Waals surface area contributed by atoms with Crippen LogP contribution >= 0.6 is 0 Å². The van der Waals surface area contributed by atoms with Gasteiger partial charge in [-0.05, 0) is 71.0 Å². The molecule has 0 bridgehead atoms. The fourth-order valence-electron chi connectivity index (χ4n) is 3.86. The summed E-state index contributed by atoms with van der Waals surface area (Å²) in [6.07, 6.45) is 5.65. The molecular formula is C21H32BNO3. The van der Waals surface area contributed by atoms with Gasteiger partial charge in [-0.15, -0.1) is 0 Å². The van der Waals surface area contributed by atoms with E-state index in [4.69, 9.17) is 9.31 Å². The summed E-state index contributed by atoms with van der Waals surface area (Å²) in [5.41, 5.74) is 0.895. The predicted octanol–water partition coefficient (Wildman–Crippen LogP) is 3.78. The van der Waals surface area contributed by atoms with Crippen LogP contribution in [0.15, 0.2) is 24.3 Å². The molecule has 1 amide bonds. The lowest BCUT2D eigenvalue weighted by atomic mass is 9.78. The number of piperidine rings is 1. The number of benzene rings is 1. The van der Waals surface area contributed by atoms with E-state index in [1.807, 2.05) is 52.0 Å². The van der Waals surface area contributed by atoms with Crippen LogP contribution in [0.3, 0.4) is 0 Å². The summed E-state index contributed by atoms with van der Waals surface area (Å²) in [4.78, 5) is 15.2. The highest BCUT2D eigenvalue weighted by molar-refractivity contribution is 6.62. The van der Waals surface area contributed by atoms with Crippen molar-refractivity contribution in [2.45, 2.75) is 84.0 Å². The van der Waals surface area contributed by atoms with Gasteiger partial charge in [-0.3, -0.25) is 4.79 Å². The Balaban J connectivity index is 1.80. The van der Waals surface area contributed by atoms with Gasteiger partial charge in [0, 0.05) is 18.2 Å². The standard InChI is InChI=1S/C21H32BNO3/c1-6-10-18-13-7-8-14-23(18)19(24)16-11-9-12-17(15-16)22-25-20(2,3)21(4,5)26-22/h9,11-12,15,18H,6-8,10,13-14H2,1-5H3. The average molecular weight is 357 g/mol. The Morgan fingerprint density at radius 1 is 1.19 bits per heavy atom. The quantitative estimate of drug-likeness (QED) is 0.770. The van der Waals surface area contributed by atoms with E-state index < -0.39 is 7.12 Å². The maximum Gasteiger partial charge on any atom is 0.494 e. The second-order valence-electron chi connectivity index (χ2n) is 8.65. The van der Waals surface area contributed by atoms with E-state index in [2.05, 4.69) is 11.8 Å². The average Bonchev–Trinajstić information content (AvgIpc) is 2.83. The van der Waals surface area contributed by atoms with Crippen LogP contribution in [0, 0.1) is 0 Å². The molecule has 2 aliphatic rings. The largest absolute Gasteiger partial charge is 0.494 e. The number of carbonyl (C=O) groups excluding carboxylic acids is 1. The molecule has 1 unspecified atom stereocenters. The molecule has 3 rings (SSSR count). The monoisotopic (exact) mass is 357 g/mol. The molecule has 2 fully saturated rings. The van der Waals surface area contributed by atoms with Crippen molar-refractivity contribution in [1.82, 2.24) is 4.90 Å². The molecule has 0 aromatic heterocycles. The lowest BCUT2D eigenvalue weighted by Gasteiger charge is -2.36. The summed E-state index contributed by atoms with van der Waals surface area (Å²) < 4.78 is 12.3. The van der Waals surface area contributed by atoms with Gasteiger partial charge in [0.1, 0.15) is 0 Å². The first-order chi connectivity index (χ1) is 12.2. The van der Waals surface area contributed by atoms with E-state index in [0.29, 0.717) is 6.04 Å². The van der Waals surface area contributed by atoms with E-state index in [1.54, 1.807) is 0 Å². The molecule has 1 atom stereocenters. The van der Waals surface area contributed by atoms with Crippen LogP contribution in [0.2, 0.25) is 0 Å². The smallest absolute Gasteiger partial charge is 0.399 e. The summed E-state index contributed by atoms with van der Waals surface area (Å²) in [6.45, 7) is 11.2. The Hall–Kier alpha value is -1.33. The zero-order chi connectivity index (χ0) is 18.9. The van der Waals surface area contributed by atoms with Crippen LogP contribution in [0.25, 0.3) is 0 Å². The molecule has 1 aromatic carbocycles. The topological polar surface area (TPSA) is 38.8 Å². The number of nitrogens with zero attached hydrogens (tertiary/aromatic N) is 1. The first kappa shape index (κ1) is 19.4. The third-order valence-corrected chi connectivity index (χ3v) is 6.17. The molecule has 26 heavy (non-hydrogen) atoms. The molecular weight excluding hydrogens is 325 g/mol. The van der Waals surface area contributed by atoms with Gasteiger partial charge in [0.05, 0.1) is 11.2 Å². The van der Waals surface area contributed by atoms with Crippen molar-refractivity contribution in [3.63, 3.8) is 0 Å². The lowest BCUT2D eigenvalue weighted by molar-refractivity contribution is 0.00578. The number of hydrogen-bond acceptors (Lipinski definition) is 3. The summed E-state index contributed by atoms with van der Waals surface area (Å²) in [6, 6.07) is 8.16. The predicted molar refractivity (Wildman–Crippen MR) is 106 cm³/mol. The summed E-state index contributed by atoms with van der Waals surface area (Å²) in [5, 5.41) is 0. The highest BCUT2D eigenvalue weighted by Gasteiger charge is 2.51. The van der Waals surface area contributed by atoms with E-state index in [0.717, 1.165) is 43.3 Å². The minimum atomic E-state index is -0.430. The van der Waals surface area contributed by atoms with Gasteiger partial charge in [-0.2, -0.15) is 0 Å². The van der Waals surface area contributed by atoms with Crippen LogP contribution in [-0.4, -0.2) is 41.7 Å². The van der Waals surface area contributed by atoms with Crippen LogP contribution in [0.4, 0.5) is 0 Å². The van der Waals surface area contributed by atoms with Crippen molar-refractivity contribution in [2.75, 3.05) is 6.54 Å². The first-order valence-electron chi connectivity index (χ1n) is 10.0. The Labute approximate surface area is 158 Å². The molecule has 4 nitrogen and oxygen atoms in total. The Morgan fingerprint density at radius 3 is 2.54 bits per heavy atom. The minimum absolute atomic E-state index is 0.140. The third kappa shape index (κ3) is 3.70. The molecule has 142 valence electrons. The van der Waals surface area contributed by atoms with Gasteiger partial charge < -0.3 is 14.2 Å². The summed E-state index contributed by atoms with van der Waals surface area (Å²) >= 11 is 0. The highest BCUT2D eigenvalue weighted by atomic mass is 16.7. The van der Waals surface area contributed by atoms with E-state index in [9.17, 15) is 4.79 Å². The van der Waals surface area contributed by atoms with Crippen LogP contribution in [0.5, 0.6) is 0 Å². The van der Waals surface area contributed by atoms with E-state index >= 15 is 0 Å². The van der Waals surface area contributed by atoms with Crippen LogP contribution in [-0.2, 0) is 9.31 Å². The maximum absolute atomic E-state index is 13.2. The Morgan fingerprint density at radius 2 is 1.88 bits per heavy atom. The normalized spacial score (nSPS) is 24.7. The zero-order valence-electron chi connectivity index (χ0n) is 16.9. The van der Waals surface area contributed by atoms with Gasteiger partial charge in [0.25, 0.3) is 5.91 Å². The van der Waals surface area contributed by atoms with Gasteiger partial charge in [-0.25, -0.2) is 0 Å². The molecule has 2 saturated heterocycles. The molecule has 1 aromatic rings. The van der Waals surface area contributed by atoms with Crippen molar-refractivity contribution < 1.29 is 14.1 Å². The Kier molecular flexibility index (Phi) is 5.50. The highest BCUT2D eigenvalue weighted by Crippen LogP contribution is 2.36. The molecule has 5 heteroatoms.